The molecule has 4 nitrogen and oxygen atoms in total. The molecular formula is C16H16ClNO3S. The lowest BCUT2D eigenvalue weighted by molar-refractivity contribution is -0.116. The van der Waals surface area contributed by atoms with Crippen molar-refractivity contribution in [1.82, 2.24) is 0 Å². The van der Waals surface area contributed by atoms with Crippen molar-refractivity contribution in [2.75, 3.05) is 12.4 Å². The number of ether oxygens (including phenoxy) is 1. The Morgan fingerprint density at radius 1 is 1.23 bits per heavy atom. The van der Waals surface area contributed by atoms with Crippen molar-refractivity contribution in [3.63, 3.8) is 0 Å². The zero-order valence-corrected chi connectivity index (χ0v) is 13.9. The first-order valence-electron chi connectivity index (χ1n) is 6.72. The van der Waals surface area contributed by atoms with E-state index in [1.165, 1.54) is 11.3 Å². The van der Waals surface area contributed by atoms with Crippen LogP contribution in [0.4, 0.5) is 5.69 Å². The van der Waals surface area contributed by atoms with Gasteiger partial charge in [0.15, 0.2) is 5.78 Å². The molecule has 0 bridgehead atoms. The van der Waals surface area contributed by atoms with Crippen molar-refractivity contribution in [3.8, 4) is 5.75 Å². The smallest absolute Gasteiger partial charge is 0.224 e. The van der Waals surface area contributed by atoms with E-state index in [2.05, 4.69) is 5.32 Å². The molecule has 0 unspecified atom stereocenters. The van der Waals surface area contributed by atoms with Gasteiger partial charge >= 0.3 is 0 Å². The highest BCUT2D eigenvalue weighted by Gasteiger charge is 2.13. The number of Topliss-reactive ketones (excluding diaryl/α,β-unsaturated/α-hetero) is 1. The van der Waals surface area contributed by atoms with Crippen molar-refractivity contribution >= 4 is 40.3 Å². The lowest BCUT2D eigenvalue weighted by atomic mass is 10.1. The van der Waals surface area contributed by atoms with Crippen LogP contribution in [0.3, 0.4) is 0 Å². The van der Waals surface area contributed by atoms with Gasteiger partial charge in [-0.25, -0.2) is 0 Å². The van der Waals surface area contributed by atoms with Crippen LogP contribution in [0.1, 0.15) is 28.1 Å². The highest BCUT2D eigenvalue weighted by molar-refractivity contribution is 7.18. The van der Waals surface area contributed by atoms with Crippen LogP contribution >= 0.6 is 22.9 Å². The first-order chi connectivity index (χ1) is 10.5. The number of rotatable bonds is 6. The van der Waals surface area contributed by atoms with E-state index in [1.807, 2.05) is 19.1 Å². The van der Waals surface area contributed by atoms with E-state index >= 15 is 0 Å². The second-order valence-electron chi connectivity index (χ2n) is 4.78. The summed E-state index contributed by atoms with van der Waals surface area (Å²) in [6.07, 6.45) is 0.266. The molecule has 0 aliphatic carbocycles. The van der Waals surface area contributed by atoms with Crippen molar-refractivity contribution < 1.29 is 14.3 Å². The van der Waals surface area contributed by atoms with Gasteiger partial charge in [0.2, 0.25) is 5.91 Å². The molecule has 0 spiro atoms. The van der Waals surface area contributed by atoms with Crippen LogP contribution in [0.2, 0.25) is 4.34 Å². The summed E-state index contributed by atoms with van der Waals surface area (Å²) in [5.74, 6) is 0.297. The summed E-state index contributed by atoms with van der Waals surface area (Å²) in [6, 6.07) is 8.87. The van der Waals surface area contributed by atoms with Crippen molar-refractivity contribution in [2.24, 2.45) is 0 Å². The second kappa shape index (κ2) is 7.42. The van der Waals surface area contributed by atoms with Gasteiger partial charge in [-0.3, -0.25) is 9.59 Å². The fourth-order valence-corrected chi connectivity index (χ4v) is 2.94. The predicted molar refractivity (Wildman–Crippen MR) is 89.3 cm³/mol. The summed E-state index contributed by atoms with van der Waals surface area (Å²) in [5.41, 5.74) is 1.64. The SMILES string of the molecule is COc1cc(C)ccc1NC(=O)CCC(=O)c1ccc(Cl)s1. The summed E-state index contributed by atoms with van der Waals surface area (Å²) in [6.45, 7) is 1.94. The van der Waals surface area contributed by atoms with Crippen molar-refractivity contribution in [1.29, 1.82) is 0 Å². The number of methoxy groups -OCH3 is 1. The topological polar surface area (TPSA) is 55.4 Å². The number of hydrogen-bond donors (Lipinski definition) is 1. The van der Waals surface area contributed by atoms with Gasteiger partial charge in [0.25, 0.3) is 0 Å². The van der Waals surface area contributed by atoms with Gasteiger partial charge in [-0.1, -0.05) is 17.7 Å². The van der Waals surface area contributed by atoms with E-state index in [4.69, 9.17) is 16.3 Å². The molecular weight excluding hydrogens is 322 g/mol. The van der Waals surface area contributed by atoms with E-state index in [0.29, 0.717) is 20.7 Å². The number of aryl methyl sites for hydroxylation is 1. The average Bonchev–Trinajstić information content (AvgIpc) is 2.93. The molecule has 22 heavy (non-hydrogen) atoms. The molecule has 1 aromatic carbocycles. The molecule has 0 aliphatic heterocycles. The molecule has 1 N–H and O–H groups in total. The Morgan fingerprint density at radius 3 is 2.64 bits per heavy atom. The van der Waals surface area contributed by atoms with E-state index in [-0.39, 0.29) is 24.5 Å². The Morgan fingerprint density at radius 2 is 2.00 bits per heavy atom. The summed E-state index contributed by atoms with van der Waals surface area (Å²) in [4.78, 5) is 24.5. The maximum Gasteiger partial charge on any atom is 0.224 e. The van der Waals surface area contributed by atoms with Gasteiger partial charge in [-0.05, 0) is 36.8 Å². The van der Waals surface area contributed by atoms with Crippen LogP contribution in [0, 0.1) is 6.92 Å². The standard InChI is InChI=1S/C16H16ClNO3S/c1-10-3-4-11(13(9-10)21-2)18-16(20)8-5-12(19)14-6-7-15(17)22-14/h3-4,6-7,9H,5,8H2,1-2H3,(H,18,20). The Kier molecular flexibility index (Phi) is 5.57. The number of carbonyl (C=O) groups is 2. The van der Waals surface area contributed by atoms with Gasteiger partial charge in [0.1, 0.15) is 5.75 Å². The van der Waals surface area contributed by atoms with E-state index in [1.54, 1.807) is 25.3 Å². The molecule has 116 valence electrons. The molecule has 0 atom stereocenters. The van der Waals surface area contributed by atoms with Crippen molar-refractivity contribution in [3.05, 3.63) is 45.1 Å². The fraction of sp³-hybridized carbons (Fsp3) is 0.250. The third-order valence-electron chi connectivity index (χ3n) is 3.06. The molecule has 2 rings (SSSR count). The number of benzene rings is 1. The van der Waals surface area contributed by atoms with E-state index < -0.39 is 0 Å². The largest absolute Gasteiger partial charge is 0.495 e. The monoisotopic (exact) mass is 337 g/mol. The minimum atomic E-state index is -0.224. The molecule has 0 saturated carbocycles. The van der Waals surface area contributed by atoms with Crippen LogP contribution in [-0.2, 0) is 4.79 Å². The zero-order valence-electron chi connectivity index (χ0n) is 12.3. The zero-order chi connectivity index (χ0) is 16.1. The highest BCUT2D eigenvalue weighted by atomic mass is 35.5. The number of ketones is 1. The number of halogens is 1. The molecule has 0 saturated heterocycles. The van der Waals surface area contributed by atoms with Crippen molar-refractivity contribution in [2.45, 2.75) is 19.8 Å². The first kappa shape index (κ1) is 16.5. The average molecular weight is 338 g/mol. The lowest BCUT2D eigenvalue weighted by Gasteiger charge is -2.10. The second-order valence-corrected chi connectivity index (χ2v) is 6.49. The maximum atomic E-state index is 12.0. The molecule has 6 heteroatoms. The predicted octanol–water partition coefficient (Wildman–Crippen LogP) is 4.32. The summed E-state index contributed by atoms with van der Waals surface area (Å²) < 4.78 is 5.80. The molecule has 0 fully saturated rings. The lowest BCUT2D eigenvalue weighted by Crippen LogP contribution is -2.14. The van der Waals surface area contributed by atoms with Gasteiger partial charge in [0.05, 0.1) is 22.0 Å². The van der Waals surface area contributed by atoms with Gasteiger partial charge in [-0.2, -0.15) is 0 Å². The van der Waals surface area contributed by atoms with Crippen LogP contribution < -0.4 is 10.1 Å². The molecule has 2 aromatic rings. The molecule has 1 heterocycles. The number of carbonyl (C=O) groups excluding carboxylic acids is 2. The summed E-state index contributed by atoms with van der Waals surface area (Å²) >= 11 is 7.02. The Labute approximate surface area is 138 Å². The minimum absolute atomic E-state index is 0.0806. The molecule has 1 amide bonds. The third kappa shape index (κ3) is 4.32. The number of nitrogens with one attached hydrogen (secondary N) is 1. The number of anilines is 1. The Hall–Kier alpha value is -1.85. The number of thiophene rings is 1. The first-order valence-corrected chi connectivity index (χ1v) is 7.92. The Balaban J connectivity index is 1.92. The number of amides is 1. The van der Waals surface area contributed by atoms with Gasteiger partial charge in [0, 0.05) is 12.8 Å². The quantitative estimate of drug-likeness (QED) is 0.799. The normalized spacial score (nSPS) is 10.3. The van der Waals surface area contributed by atoms with Crippen LogP contribution in [0.5, 0.6) is 5.75 Å². The summed E-state index contributed by atoms with van der Waals surface area (Å²) in [5, 5.41) is 2.76. The summed E-state index contributed by atoms with van der Waals surface area (Å²) in [7, 11) is 1.55. The fourth-order valence-electron chi connectivity index (χ4n) is 1.93. The van der Waals surface area contributed by atoms with E-state index in [9.17, 15) is 9.59 Å². The Bertz CT molecular complexity index is 696. The minimum Gasteiger partial charge on any atom is -0.495 e. The molecule has 0 radical (unpaired) electrons. The number of hydrogen-bond acceptors (Lipinski definition) is 4. The van der Waals surface area contributed by atoms with Gasteiger partial charge in [-0.15, -0.1) is 11.3 Å². The highest BCUT2D eigenvalue weighted by Crippen LogP contribution is 2.26. The van der Waals surface area contributed by atoms with Gasteiger partial charge < -0.3 is 10.1 Å². The molecule has 1 aromatic heterocycles. The molecule has 0 aliphatic rings. The van der Waals surface area contributed by atoms with Crippen LogP contribution in [0.25, 0.3) is 0 Å². The van der Waals surface area contributed by atoms with Crippen LogP contribution in [0.15, 0.2) is 30.3 Å². The third-order valence-corrected chi connectivity index (χ3v) is 4.33. The van der Waals surface area contributed by atoms with E-state index in [0.717, 1.165) is 5.56 Å². The maximum absolute atomic E-state index is 12.0. The van der Waals surface area contributed by atoms with Crippen LogP contribution in [-0.4, -0.2) is 18.8 Å².